The molecule has 166 valence electrons. The summed E-state index contributed by atoms with van der Waals surface area (Å²) < 4.78 is 15.8. The van der Waals surface area contributed by atoms with Gasteiger partial charge in [0.05, 0.1) is 20.8 Å². The van der Waals surface area contributed by atoms with Gasteiger partial charge in [0.2, 0.25) is 5.91 Å². The average Bonchev–Trinajstić information content (AvgIpc) is 3.13. The van der Waals surface area contributed by atoms with Gasteiger partial charge in [0, 0.05) is 16.5 Å². The number of methoxy groups -OCH3 is 2. The van der Waals surface area contributed by atoms with Crippen LogP contribution in [-0.4, -0.2) is 32.7 Å². The monoisotopic (exact) mass is 451 g/mol. The Balaban J connectivity index is 1.89. The first-order valence-corrected chi connectivity index (χ1v) is 10.9. The van der Waals surface area contributed by atoms with Crippen molar-refractivity contribution in [3.63, 3.8) is 0 Å². The predicted molar refractivity (Wildman–Crippen MR) is 128 cm³/mol. The largest absolute Gasteiger partial charge is 0.493 e. The molecule has 1 heterocycles. The first kappa shape index (κ1) is 23.1. The topological polar surface area (TPSA) is 73.9 Å². The lowest BCUT2D eigenvalue weighted by Crippen LogP contribution is -2.12. The maximum absolute atomic E-state index is 12.8. The second kappa shape index (κ2) is 10.6. The SMILES string of the molecule is CCOC(=O)c1c(NC(=O)/C=C/c2ccc(OC)c(OC)c2)sc(C)c1-c1ccccc1. The summed E-state index contributed by atoms with van der Waals surface area (Å²) in [6, 6.07) is 15.0. The van der Waals surface area contributed by atoms with Crippen LogP contribution in [0.5, 0.6) is 11.5 Å². The highest BCUT2D eigenvalue weighted by Crippen LogP contribution is 2.40. The van der Waals surface area contributed by atoms with Crippen molar-refractivity contribution < 1.29 is 23.8 Å². The van der Waals surface area contributed by atoms with Crippen molar-refractivity contribution in [1.29, 1.82) is 0 Å². The number of hydrogen-bond donors (Lipinski definition) is 1. The number of thiophene rings is 1. The first-order valence-electron chi connectivity index (χ1n) is 10.1. The molecule has 0 aliphatic heterocycles. The lowest BCUT2D eigenvalue weighted by molar-refractivity contribution is -0.111. The molecule has 1 aromatic heterocycles. The van der Waals surface area contributed by atoms with Gasteiger partial charge in [-0.3, -0.25) is 4.79 Å². The number of nitrogens with one attached hydrogen (secondary N) is 1. The van der Waals surface area contributed by atoms with Gasteiger partial charge in [-0.1, -0.05) is 36.4 Å². The number of ether oxygens (including phenoxy) is 3. The molecule has 0 aliphatic rings. The molecule has 0 unspecified atom stereocenters. The smallest absolute Gasteiger partial charge is 0.341 e. The lowest BCUT2D eigenvalue weighted by Gasteiger charge is -2.09. The summed E-state index contributed by atoms with van der Waals surface area (Å²) in [5.74, 6) is 0.359. The van der Waals surface area contributed by atoms with Gasteiger partial charge in [0.25, 0.3) is 0 Å². The molecule has 2 aromatic carbocycles. The molecule has 3 aromatic rings. The summed E-state index contributed by atoms with van der Waals surface area (Å²) in [5, 5.41) is 3.30. The van der Waals surface area contributed by atoms with Gasteiger partial charge in [0.15, 0.2) is 11.5 Å². The average molecular weight is 452 g/mol. The van der Waals surface area contributed by atoms with E-state index in [4.69, 9.17) is 14.2 Å². The Kier molecular flexibility index (Phi) is 7.68. The van der Waals surface area contributed by atoms with E-state index in [-0.39, 0.29) is 12.5 Å². The molecule has 32 heavy (non-hydrogen) atoms. The van der Waals surface area contributed by atoms with E-state index in [0.29, 0.717) is 22.1 Å². The minimum absolute atomic E-state index is 0.245. The third kappa shape index (κ3) is 5.18. The van der Waals surface area contributed by atoms with Gasteiger partial charge in [-0.25, -0.2) is 4.79 Å². The highest BCUT2D eigenvalue weighted by molar-refractivity contribution is 7.17. The van der Waals surface area contributed by atoms with Crippen molar-refractivity contribution in [2.24, 2.45) is 0 Å². The van der Waals surface area contributed by atoms with E-state index in [9.17, 15) is 9.59 Å². The van der Waals surface area contributed by atoms with Crippen molar-refractivity contribution in [3.8, 4) is 22.6 Å². The molecule has 0 bridgehead atoms. The molecule has 1 amide bonds. The lowest BCUT2D eigenvalue weighted by atomic mass is 10.0. The van der Waals surface area contributed by atoms with E-state index in [0.717, 1.165) is 21.6 Å². The van der Waals surface area contributed by atoms with Gasteiger partial charge in [-0.2, -0.15) is 0 Å². The molecule has 7 heteroatoms. The summed E-state index contributed by atoms with van der Waals surface area (Å²) in [6.07, 6.45) is 3.08. The summed E-state index contributed by atoms with van der Waals surface area (Å²) in [6.45, 7) is 3.92. The van der Waals surface area contributed by atoms with E-state index >= 15 is 0 Å². The fourth-order valence-corrected chi connectivity index (χ4v) is 4.33. The number of carbonyl (C=O) groups is 2. The molecule has 0 radical (unpaired) electrons. The molecule has 0 saturated carbocycles. The Morgan fingerprint density at radius 2 is 1.75 bits per heavy atom. The van der Waals surface area contributed by atoms with Crippen molar-refractivity contribution in [1.82, 2.24) is 0 Å². The third-order valence-corrected chi connectivity index (χ3v) is 5.72. The van der Waals surface area contributed by atoms with Crippen LogP contribution in [0.25, 0.3) is 17.2 Å². The zero-order valence-corrected chi connectivity index (χ0v) is 19.2. The quantitative estimate of drug-likeness (QED) is 0.358. The number of esters is 1. The molecule has 0 spiro atoms. The summed E-state index contributed by atoms with van der Waals surface area (Å²) in [4.78, 5) is 26.3. The summed E-state index contributed by atoms with van der Waals surface area (Å²) in [7, 11) is 3.12. The van der Waals surface area contributed by atoms with Crippen LogP contribution in [-0.2, 0) is 9.53 Å². The Hall–Kier alpha value is -3.58. The number of hydrogen-bond acceptors (Lipinski definition) is 6. The second-order valence-corrected chi connectivity index (χ2v) is 7.99. The van der Waals surface area contributed by atoms with Crippen LogP contribution in [0, 0.1) is 6.92 Å². The van der Waals surface area contributed by atoms with E-state index in [1.807, 2.05) is 43.3 Å². The van der Waals surface area contributed by atoms with Crippen molar-refractivity contribution >= 4 is 34.3 Å². The number of carbonyl (C=O) groups excluding carboxylic acids is 2. The highest BCUT2D eigenvalue weighted by Gasteiger charge is 2.25. The number of amides is 1. The maximum Gasteiger partial charge on any atom is 0.341 e. The predicted octanol–water partition coefficient (Wildman–Crippen LogP) is 5.57. The number of benzene rings is 2. The van der Waals surface area contributed by atoms with Crippen LogP contribution < -0.4 is 14.8 Å². The molecule has 0 saturated heterocycles. The van der Waals surface area contributed by atoms with Gasteiger partial charge >= 0.3 is 5.97 Å². The summed E-state index contributed by atoms with van der Waals surface area (Å²) in [5.41, 5.74) is 2.81. The highest BCUT2D eigenvalue weighted by atomic mass is 32.1. The summed E-state index contributed by atoms with van der Waals surface area (Å²) >= 11 is 1.35. The van der Waals surface area contributed by atoms with Crippen LogP contribution in [0.2, 0.25) is 0 Å². The third-order valence-electron chi connectivity index (χ3n) is 4.70. The number of anilines is 1. The van der Waals surface area contributed by atoms with Gasteiger partial charge in [-0.15, -0.1) is 11.3 Å². The molecule has 3 rings (SSSR count). The van der Waals surface area contributed by atoms with Gasteiger partial charge in [0.1, 0.15) is 10.6 Å². The first-order chi connectivity index (χ1) is 15.5. The van der Waals surface area contributed by atoms with Gasteiger partial charge in [-0.05, 0) is 43.2 Å². The molecular formula is C25H25NO5S. The van der Waals surface area contributed by atoms with E-state index in [1.165, 1.54) is 17.4 Å². The Labute approximate surface area is 191 Å². The van der Waals surface area contributed by atoms with Crippen LogP contribution >= 0.6 is 11.3 Å². The number of rotatable bonds is 8. The van der Waals surface area contributed by atoms with Crippen molar-refractivity contribution in [2.45, 2.75) is 13.8 Å². The van der Waals surface area contributed by atoms with Crippen molar-refractivity contribution in [2.75, 3.05) is 26.1 Å². The molecule has 6 nitrogen and oxygen atoms in total. The zero-order valence-electron chi connectivity index (χ0n) is 18.4. The van der Waals surface area contributed by atoms with Crippen LogP contribution in [0.3, 0.4) is 0 Å². The standard InChI is InChI=1S/C25H25NO5S/c1-5-31-25(28)23-22(18-9-7-6-8-10-18)16(2)32-24(23)26-21(27)14-12-17-11-13-19(29-3)20(15-17)30-4/h6-15H,5H2,1-4H3,(H,26,27)/b14-12+. The van der Waals surface area contributed by atoms with Crippen molar-refractivity contribution in [3.05, 3.63) is 70.6 Å². The van der Waals surface area contributed by atoms with E-state index in [1.54, 1.807) is 39.4 Å². The van der Waals surface area contributed by atoms with Crippen LogP contribution in [0.15, 0.2) is 54.6 Å². The Morgan fingerprint density at radius 1 is 1.03 bits per heavy atom. The Morgan fingerprint density at radius 3 is 2.41 bits per heavy atom. The van der Waals surface area contributed by atoms with Crippen LogP contribution in [0.4, 0.5) is 5.00 Å². The van der Waals surface area contributed by atoms with Crippen LogP contribution in [0.1, 0.15) is 27.7 Å². The molecule has 0 aliphatic carbocycles. The fraction of sp³-hybridized carbons (Fsp3) is 0.200. The second-order valence-electron chi connectivity index (χ2n) is 6.76. The number of aryl methyl sites for hydroxylation is 1. The zero-order chi connectivity index (χ0) is 23.1. The minimum atomic E-state index is -0.463. The maximum atomic E-state index is 12.8. The molecule has 0 fully saturated rings. The minimum Gasteiger partial charge on any atom is -0.493 e. The van der Waals surface area contributed by atoms with E-state index < -0.39 is 5.97 Å². The molecule has 1 N–H and O–H groups in total. The normalized spacial score (nSPS) is 10.8. The Bertz CT molecular complexity index is 1130. The van der Waals surface area contributed by atoms with E-state index in [2.05, 4.69) is 5.32 Å². The molecule has 0 atom stereocenters. The molecular weight excluding hydrogens is 426 g/mol. The van der Waals surface area contributed by atoms with Gasteiger partial charge < -0.3 is 19.5 Å². The fourth-order valence-electron chi connectivity index (χ4n) is 3.27.